The summed E-state index contributed by atoms with van der Waals surface area (Å²) in [5, 5.41) is 0.763. The minimum absolute atomic E-state index is 0.537. The molecule has 0 aliphatic carbocycles. The highest BCUT2D eigenvalue weighted by atomic mass is 35.5. The maximum Gasteiger partial charge on any atom is 0.128 e. The number of hydrogen-bond donors (Lipinski definition) is 0. The summed E-state index contributed by atoms with van der Waals surface area (Å²) in [7, 11) is 2.18. The summed E-state index contributed by atoms with van der Waals surface area (Å²) in [5.74, 6) is 0. The number of hydrogen-bond acceptors (Lipinski definition) is 2. The minimum atomic E-state index is 0.537. The highest BCUT2D eigenvalue weighted by Crippen LogP contribution is 2.25. The molecule has 1 fully saturated rings. The van der Waals surface area contributed by atoms with Crippen LogP contribution in [0, 0.1) is 0 Å². The van der Waals surface area contributed by atoms with Gasteiger partial charge in [-0.1, -0.05) is 11.6 Å². The van der Waals surface area contributed by atoms with Gasteiger partial charge in [-0.15, -0.1) is 0 Å². The van der Waals surface area contributed by atoms with Gasteiger partial charge in [0.25, 0.3) is 0 Å². The van der Waals surface area contributed by atoms with Gasteiger partial charge in [0.1, 0.15) is 5.15 Å². The van der Waals surface area contributed by atoms with E-state index in [9.17, 15) is 0 Å². The average molecular weight is 214 g/mol. The van der Waals surface area contributed by atoms with E-state index in [1.165, 1.54) is 25.8 Å². The van der Waals surface area contributed by atoms with Crippen molar-refractivity contribution in [3.05, 3.63) is 17.7 Å². The summed E-state index contributed by atoms with van der Waals surface area (Å²) in [6.07, 6.45) is 7.19. The lowest BCUT2D eigenvalue weighted by Crippen LogP contribution is -2.19. The van der Waals surface area contributed by atoms with Crippen molar-refractivity contribution in [3.8, 4) is 0 Å². The third-order valence-corrected chi connectivity index (χ3v) is 3.23. The normalized spacial score (nSPS) is 24.9. The molecule has 0 aromatic carbocycles. The van der Waals surface area contributed by atoms with Gasteiger partial charge < -0.3 is 9.47 Å². The number of nitrogens with zero attached hydrogens (tertiary/aromatic N) is 3. The minimum Gasteiger partial charge on any atom is -0.319 e. The van der Waals surface area contributed by atoms with Crippen molar-refractivity contribution in [1.29, 1.82) is 0 Å². The monoisotopic (exact) mass is 213 g/mol. The summed E-state index contributed by atoms with van der Waals surface area (Å²) >= 11 is 6.05. The van der Waals surface area contributed by atoms with Crippen LogP contribution in [0.2, 0.25) is 5.15 Å². The van der Waals surface area contributed by atoms with E-state index in [0.717, 1.165) is 11.7 Å². The lowest BCUT2D eigenvalue weighted by Gasteiger charge is -2.17. The van der Waals surface area contributed by atoms with Gasteiger partial charge in [0.05, 0.1) is 12.5 Å². The Labute approximate surface area is 89.7 Å². The van der Waals surface area contributed by atoms with E-state index in [1.54, 1.807) is 6.20 Å². The maximum atomic E-state index is 6.05. The molecular weight excluding hydrogens is 198 g/mol. The smallest absolute Gasteiger partial charge is 0.128 e. The molecule has 2 rings (SSSR count). The number of likely N-dealkylation sites (tertiary alicyclic amines) is 1. The van der Waals surface area contributed by atoms with E-state index in [0.29, 0.717) is 6.04 Å². The molecule has 1 atom stereocenters. The molecule has 0 spiro atoms. The van der Waals surface area contributed by atoms with Crippen molar-refractivity contribution in [3.63, 3.8) is 0 Å². The van der Waals surface area contributed by atoms with Gasteiger partial charge in [-0.25, -0.2) is 4.98 Å². The Hall–Kier alpha value is -0.540. The zero-order valence-corrected chi connectivity index (χ0v) is 9.24. The number of rotatable bonds is 1. The Morgan fingerprint density at radius 2 is 2.29 bits per heavy atom. The Balaban J connectivity index is 2.08. The molecule has 14 heavy (non-hydrogen) atoms. The number of halogens is 1. The van der Waals surface area contributed by atoms with E-state index in [-0.39, 0.29) is 0 Å². The fourth-order valence-electron chi connectivity index (χ4n) is 2.06. The van der Waals surface area contributed by atoms with Crippen LogP contribution in [0.25, 0.3) is 0 Å². The fraction of sp³-hybridized carbons (Fsp3) is 0.700. The lowest BCUT2D eigenvalue weighted by atomic mass is 10.1. The van der Waals surface area contributed by atoms with Crippen LogP contribution >= 0.6 is 11.6 Å². The quantitative estimate of drug-likeness (QED) is 0.713. The van der Waals surface area contributed by atoms with Crippen LogP contribution in [-0.4, -0.2) is 34.6 Å². The summed E-state index contributed by atoms with van der Waals surface area (Å²) < 4.78 is 2.10. The summed E-state index contributed by atoms with van der Waals surface area (Å²) in [4.78, 5) is 6.44. The van der Waals surface area contributed by atoms with Crippen LogP contribution in [0.1, 0.15) is 25.3 Å². The van der Waals surface area contributed by atoms with E-state index in [1.807, 2.05) is 6.33 Å². The molecule has 0 bridgehead atoms. The first-order chi connectivity index (χ1) is 6.77. The van der Waals surface area contributed by atoms with Crippen molar-refractivity contribution >= 4 is 11.6 Å². The molecule has 1 aliphatic rings. The van der Waals surface area contributed by atoms with Gasteiger partial charge in [-0.05, 0) is 39.4 Å². The van der Waals surface area contributed by atoms with Gasteiger partial charge in [-0.2, -0.15) is 0 Å². The SMILES string of the molecule is CN1CCCC(n2cncc2Cl)CC1. The summed E-state index contributed by atoms with van der Waals surface area (Å²) in [6.45, 7) is 2.35. The average Bonchev–Trinajstić information content (AvgIpc) is 2.46. The van der Waals surface area contributed by atoms with Crippen LogP contribution in [0.5, 0.6) is 0 Å². The molecule has 0 amide bonds. The second kappa shape index (κ2) is 4.32. The molecule has 0 saturated carbocycles. The Bertz CT molecular complexity index is 297. The molecule has 78 valence electrons. The molecule has 1 unspecified atom stereocenters. The topological polar surface area (TPSA) is 21.1 Å². The van der Waals surface area contributed by atoms with E-state index >= 15 is 0 Å². The molecule has 3 nitrogen and oxygen atoms in total. The first kappa shape index (κ1) is 9.99. The third kappa shape index (κ3) is 2.10. The van der Waals surface area contributed by atoms with Gasteiger partial charge in [0.2, 0.25) is 0 Å². The number of aromatic nitrogens is 2. The molecule has 1 aromatic heterocycles. The molecule has 1 aromatic rings. The highest BCUT2D eigenvalue weighted by molar-refractivity contribution is 6.29. The molecule has 4 heteroatoms. The second-order valence-electron chi connectivity index (χ2n) is 4.01. The summed E-state index contributed by atoms with van der Waals surface area (Å²) in [5.41, 5.74) is 0. The lowest BCUT2D eigenvalue weighted by molar-refractivity contribution is 0.341. The zero-order chi connectivity index (χ0) is 9.97. The van der Waals surface area contributed by atoms with E-state index in [2.05, 4.69) is 21.5 Å². The van der Waals surface area contributed by atoms with Crippen molar-refractivity contribution < 1.29 is 0 Å². The van der Waals surface area contributed by atoms with Crippen molar-refractivity contribution in [2.24, 2.45) is 0 Å². The van der Waals surface area contributed by atoms with E-state index in [4.69, 9.17) is 11.6 Å². The van der Waals surface area contributed by atoms with Crippen LogP contribution in [0.15, 0.2) is 12.5 Å². The van der Waals surface area contributed by atoms with Gasteiger partial charge >= 0.3 is 0 Å². The van der Waals surface area contributed by atoms with Crippen molar-refractivity contribution in [2.45, 2.75) is 25.3 Å². The van der Waals surface area contributed by atoms with Crippen LogP contribution in [-0.2, 0) is 0 Å². The van der Waals surface area contributed by atoms with Gasteiger partial charge in [-0.3, -0.25) is 0 Å². The zero-order valence-electron chi connectivity index (χ0n) is 8.49. The predicted molar refractivity (Wildman–Crippen MR) is 57.6 cm³/mol. The molecule has 2 heterocycles. The predicted octanol–water partition coefficient (Wildman–Crippen LogP) is 2.19. The van der Waals surface area contributed by atoms with Crippen LogP contribution in [0.3, 0.4) is 0 Å². The standard InChI is InChI=1S/C10H16ClN3/c1-13-5-2-3-9(4-6-13)14-8-12-7-10(14)11/h7-9H,2-6H2,1H3. The fourth-order valence-corrected chi connectivity index (χ4v) is 2.30. The van der Waals surface area contributed by atoms with Crippen LogP contribution < -0.4 is 0 Å². The molecule has 1 aliphatic heterocycles. The third-order valence-electron chi connectivity index (χ3n) is 2.93. The first-order valence-electron chi connectivity index (χ1n) is 5.13. The molecule has 0 N–H and O–H groups in total. The van der Waals surface area contributed by atoms with Gasteiger partial charge in [0.15, 0.2) is 0 Å². The maximum absolute atomic E-state index is 6.05. The highest BCUT2D eigenvalue weighted by Gasteiger charge is 2.17. The molecular formula is C10H16ClN3. The Morgan fingerprint density at radius 3 is 3.00 bits per heavy atom. The van der Waals surface area contributed by atoms with Crippen LogP contribution in [0.4, 0.5) is 0 Å². The Kier molecular flexibility index (Phi) is 3.08. The van der Waals surface area contributed by atoms with Gasteiger partial charge in [0, 0.05) is 6.04 Å². The largest absolute Gasteiger partial charge is 0.319 e. The Morgan fingerprint density at radius 1 is 1.43 bits per heavy atom. The first-order valence-corrected chi connectivity index (χ1v) is 5.51. The van der Waals surface area contributed by atoms with E-state index < -0.39 is 0 Å². The van der Waals surface area contributed by atoms with Crippen molar-refractivity contribution in [1.82, 2.24) is 14.5 Å². The molecule has 1 saturated heterocycles. The molecule has 0 radical (unpaired) electrons. The number of imidazole rings is 1. The van der Waals surface area contributed by atoms with Crippen molar-refractivity contribution in [2.75, 3.05) is 20.1 Å². The summed E-state index contributed by atoms with van der Waals surface area (Å²) in [6, 6.07) is 0.537. The second-order valence-corrected chi connectivity index (χ2v) is 4.40.